The number of benzene rings is 2. The first-order valence-electron chi connectivity index (χ1n) is 9.75. The number of carbonyl (C=O) groups is 2. The van der Waals surface area contributed by atoms with E-state index >= 15 is 0 Å². The summed E-state index contributed by atoms with van der Waals surface area (Å²) >= 11 is 2.68. The van der Waals surface area contributed by atoms with E-state index in [9.17, 15) is 9.59 Å². The minimum Gasteiger partial charge on any atom is -0.377 e. The monoisotopic (exact) mass is 415 g/mol. The van der Waals surface area contributed by atoms with Crippen molar-refractivity contribution in [1.82, 2.24) is 0 Å². The molecule has 0 aliphatic carbocycles. The van der Waals surface area contributed by atoms with E-state index in [1.807, 2.05) is 81.4 Å². The van der Waals surface area contributed by atoms with Gasteiger partial charge in [-0.2, -0.15) is 0 Å². The Kier molecular flexibility index (Phi) is 9.65. The summed E-state index contributed by atoms with van der Waals surface area (Å²) in [6.07, 6.45) is 0.402. The van der Waals surface area contributed by atoms with E-state index in [-0.39, 0.29) is 28.1 Å². The van der Waals surface area contributed by atoms with Gasteiger partial charge in [-0.3, -0.25) is 9.59 Å². The highest BCUT2D eigenvalue weighted by molar-refractivity contribution is 8.13. The number of hydrogen-bond acceptors (Lipinski definition) is 5. The summed E-state index contributed by atoms with van der Waals surface area (Å²) in [5.41, 5.74) is 2.03. The zero-order chi connectivity index (χ0) is 20.4. The standard InChI is InChI=1S/C23H29NO2S2/c1-4-27-20(25)16-17(3)21(23(26)28-5-2)22(18-12-8-6-9-13-18)24-19-14-10-7-11-15-19/h6-15,17,21-22,24H,4-5,16H2,1-3H3/t17-,21-,22+/m0/s1. The minimum atomic E-state index is -0.297. The molecule has 2 rings (SSSR count). The fourth-order valence-electron chi connectivity index (χ4n) is 3.30. The van der Waals surface area contributed by atoms with Crippen LogP contribution in [0.25, 0.3) is 0 Å². The molecule has 0 spiro atoms. The van der Waals surface area contributed by atoms with E-state index in [0.29, 0.717) is 6.42 Å². The first-order valence-corrected chi connectivity index (χ1v) is 11.7. The van der Waals surface area contributed by atoms with Crippen molar-refractivity contribution in [2.45, 2.75) is 33.2 Å². The molecule has 5 heteroatoms. The summed E-state index contributed by atoms with van der Waals surface area (Å²) in [5, 5.41) is 3.86. The van der Waals surface area contributed by atoms with Crippen LogP contribution in [0, 0.1) is 11.8 Å². The maximum absolute atomic E-state index is 13.1. The van der Waals surface area contributed by atoms with Crippen molar-refractivity contribution in [3.8, 4) is 0 Å². The summed E-state index contributed by atoms with van der Waals surface area (Å²) in [6.45, 7) is 5.99. The molecule has 0 bridgehead atoms. The van der Waals surface area contributed by atoms with Crippen LogP contribution >= 0.6 is 23.5 Å². The molecule has 2 aromatic carbocycles. The number of para-hydroxylation sites is 1. The molecule has 0 amide bonds. The molecule has 0 aliphatic heterocycles. The van der Waals surface area contributed by atoms with Gasteiger partial charge in [0.25, 0.3) is 0 Å². The van der Waals surface area contributed by atoms with E-state index in [1.54, 1.807) is 0 Å². The van der Waals surface area contributed by atoms with Gasteiger partial charge < -0.3 is 5.32 Å². The Hall–Kier alpha value is -1.72. The second-order valence-corrected chi connectivity index (χ2v) is 9.25. The van der Waals surface area contributed by atoms with Gasteiger partial charge in [0.15, 0.2) is 10.2 Å². The highest BCUT2D eigenvalue weighted by Crippen LogP contribution is 2.37. The SMILES string of the molecule is CCSC(=O)C[C@H](C)[C@H](C(=O)SCC)[C@H](Nc1ccccc1)c1ccccc1. The molecule has 0 unspecified atom stereocenters. The van der Waals surface area contributed by atoms with Crippen molar-refractivity contribution in [3.63, 3.8) is 0 Å². The molecule has 0 aromatic heterocycles. The van der Waals surface area contributed by atoms with Crippen molar-refractivity contribution in [1.29, 1.82) is 0 Å². The molecule has 150 valence electrons. The number of anilines is 1. The fraction of sp³-hybridized carbons (Fsp3) is 0.391. The van der Waals surface area contributed by atoms with Crippen LogP contribution in [0.2, 0.25) is 0 Å². The van der Waals surface area contributed by atoms with Crippen molar-refractivity contribution >= 4 is 39.4 Å². The predicted molar refractivity (Wildman–Crippen MR) is 123 cm³/mol. The zero-order valence-corrected chi connectivity index (χ0v) is 18.4. The van der Waals surface area contributed by atoms with Crippen LogP contribution in [0.4, 0.5) is 5.69 Å². The van der Waals surface area contributed by atoms with Gasteiger partial charge in [0.2, 0.25) is 0 Å². The molecule has 3 atom stereocenters. The fourth-order valence-corrected chi connectivity index (χ4v) is 4.85. The lowest BCUT2D eigenvalue weighted by atomic mass is 9.82. The largest absolute Gasteiger partial charge is 0.377 e. The normalized spacial score (nSPS) is 14.1. The molecule has 0 heterocycles. The number of nitrogens with one attached hydrogen (secondary N) is 1. The first kappa shape index (κ1) is 22.6. The van der Waals surface area contributed by atoms with E-state index in [4.69, 9.17) is 0 Å². The molecule has 0 saturated carbocycles. The number of hydrogen-bond donors (Lipinski definition) is 1. The topological polar surface area (TPSA) is 46.2 Å². The van der Waals surface area contributed by atoms with Crippen LogP contribution in [0.3, 0.4) is 0 Å². The number of thioether (sulfide) groups is 2. The minimum absolute atomic E-state index is 0.0560. The Labute approximate surface area is 177 Å². The predicted octanol–water partition coefficient (Wildman–Crippen LogP) is 6.04. The zero-order valence-electron chi connectivity index (χ0n) is 16.8. The second kappa shape index (κ2) is 12.0. The van der Waals surface area contributed by atoms with Gasteiger partial charge >= 0.3 is 0 Å². The lowest BCUT2D eigenvalue weighted by Gasteiger charge is -2.32. The van der Waals surface area contributed by atoms with Crippen LogP contribution in [-0.4, -0.2) is 21.7 Å². The van der Waals surface area contributed by atoms with Crippen molar-refractivity contribution in [2.75, 3.05) is 16.8 Å². The summed E-state index contributed by atoms with van der Waals surface area (Å²) < 4.78 is 0. The van der Waals surface area contributed by atoms with Gasteiger partial charge in [-0.25, -0.2) is 0 Å². The highest BCUT2D eigenvalue weighted by Gasteiger charge is 2.35. The Bertz CT molecular complexity index is 737. The molecule has 0 radical (unpaired) electrons. The third kappa shape index (κ3) is 6.71. The van der Waals surface area contributed by atoms with Crippen LogP contribution in [0.15, 0.2) is 60.7 Å². The summed E-state index contributed by atoms with van der Waals surface area (Å²) in [6, 6.07) is 19.8. The molecule has 1 N–H and O–H groups in total. The van der Waals surface area contributed by atoms with Gasteiger partial charge in [-0.05, 0) is 35.1 Å². The lowest BCUT2D eigenvalue weighted by molar-refractivity contribution is -0.117. The first-order chi connectivity index (χ1) is 13.6. The van der Waals surface area contributed by atoms with E-state index in [1.165, 1.54) is 23.5 Å². The molecule has 0 fully saturated rings. The van der Waals surface area contributed by atoms with Gasteiger partial charge in [-0.1, -0.05) is 92.8 Å². The van der Waals surface area contributed by atoms with Gasteiger partial charge in [0.1, 0.15) is 0 Å². The summed E-state index contributed by atoms with van der Waals surface area (Å²) in [4.78, 5) is 25.4. The average Bonchev–Trinajstić information content (AvgIpc) is 2.69. The Morgan fingerprint density at radius 2 is 1.46 bits per heavy atom. The van der Waals surface area contributed by atoms with E-state index in [2.05, 4.69) is 5.32 Å². The molecule has 3 nitrogen and oxygen atoms in total. The Morgan fingerprint density at radius 3 is 2.04 bits per heavy atom. The van der Waals surface area contributed by atoms with Crippen LogP contribution in [-0.2, 0) is 9.59 Å². The third-order valence-electron chi connectivity index (χ3n) is 4.58. The quantitative estimate of drug-likeness (QED) is 0.512. The maximum Gasteiger partial charge on any atom is 0.194 e. The summed E-state index contributed by atoms with van der Waals surface area (Å²) in [7, 11) is 0. The van der Waals surface area contributed by atoms with Crippen LogP contribution < -0.4 is 5.32 Å². The summed E-state index contributed by atoms with van der Waals surface area (Å²) in [5.74, 6) is 1.14. The van der Waals surface area contributed by atoms with Gasteiger partial charge in [0.05, 0.1) is 12.0 Å². The molecule has 0 aliphatic rings. The maximum atomic E-state index is 13.1. The molecular weight excluding hydrogens is 386 g/mol. The van der Waals surface area contributed by atoms with E-state index < -0.39 is 0 Å². The molecular formula is C23H29NO2S2. The third-order valence-corrected chi connectivity index (χ3v) is 6.20. The average molecular weight is 416 g/mol. The highest BCUT2D eigenvalue weighted by atomic mass is 32.2. The Balaban J connectivity index is 2.38. The number of carbonyl (C=O) groups excluding carboxylic acids is 2. The van der Waals surface area contributed by atoms with Crippen molar-refractivity contribution in [2.24, 2.45) is 11.8 Å². The smallest absolute Gasteiger partial charge is 0.194 e. The number of rotatable bonds is 10. The van der Waals surface area contributed by atoms with Crippen molar-refractivity contribution < 1.29 is 9.59 Å². The van der Waals surface area contributed by atoms with Gasteiger partial charge in [-0.15, -0.1) is 0 Å². The Morgan fingerprint density at radius 1 is 0.893 bits per heavy atom. The molecule has 28 heavy (non-hydrogen) atoms. The molecule has 2 aromatic rings. The molecule has 0 saturated heterocycles. The van der Waals surface area contributed by atoms with Crippen molar-refractivity contribution in [3.05, 3.63) is 66.2 Å². The van der Waals surface area contributed by atoms with Crippen LogP contribution in [0.5, 0.6) is 0 Å². The lowest BCUT2D eigenvalue weighted by Crippen LogP contribution is -2.32. The van der Waals surface area contributed by atoms with Crippen LogP contribution in [0.1, 0.15) is 38.8 Å². The van der Waals surface area contributed by atoms with Gasteiger partial charge in [0, 0.05) is 12.1 Å². The second-order valence-electron chi connectivity index (χ2n) is 6.66. The van der Waals surface area contributed by atoms with E-state index in [0.717, 1.165) is 22.8 Å².